The minimum atomic E-state index is -4.33. The van der Waals surface area contributed by atoms with E-state index in [9.17, 15) is 13.2 Å². The molecule has 0 heterocycles. The van der Waals surface area contributed by atoms with Gasteiger partial charge in [0.1, 0.15) is 0 Å². The van der Waals surface area contributed by atoms with E-state index in [1.54, 1.807) is 6.07 Å². The summed E-state index contributed by atoms with van der Waals surface area (Å²) < 4.78 is 38.0. The standard InChI is InChI=1S/C17H18F3N/c1-12-5-7-13(8-6-12)9-10-16(21)14-3-2-4-15(11-14)17(18,19)20/h2-8,11,16H,9-10,21H2,1H3. The Morgan fingerprint density at radius 3 is 2.33 bits per heavy atom. The fourth-order valence-electron chi connectivity index (χ4n) is 2.19. The zero-order chi connectivity index (χ0) is 15.5. The molecule has 2 N–H and O–H groups in total. The highest BCUT2D eigenvalue weighted by atomic mass is 19.4. The van der Waals surface area contributed by atoms with Gasteiger partial charge in [0.2, 0.25) is 0 Å². The molecule has 2 aromatic carbocycles. The summed E-state index contributed by atoms with van der Waals surface area (Å²) in [5.74, 6) is 0. The van der Waals surface area contributed by atoms with Crippen LogP contribution >= 0.6 is 0 Å². The second-order valence-corrected chi connectivity index (χ2v) is 5.25. The van der Waals surface area contributed by atoms with Gasteiger partial charge in [-0.3, -0.25) is 0 Å². The highest BCUT2D eigenvalue weighted by Gasteiger charge is 2.30. The molecule has 0 aliphatic rings. The lowest BCUT2D eigenvalue weighted by Gasteiger charge is -2.14. The van der Waals surface area contributed by atoms with Crippen LogP contribution in [0.5, 0.6) is 0 Å². The molecule has 1 atom stereocenters. The first-order valence-corrected chi connectivity index (χ1v) is 6.84. The van der Waals surface area contributed by atoms with Crippen molar-refractivity contribution in [2.45, 2.75) is 32.0 Å². The number of nitrogens with two attached hydrogens (primary N) is 1. The largest absolute Gasteiger partial charge is 0.416 e. The molecular weight excluding hydrogens is 275 g/mol. The molecule has 4 heteroatoms. The minimum Gasteiger partial charge on any atom is -0.324 e. The molecule has 0 fully saturated rings. The van der Waals surface area contributed by atoms with Gasteiger partial charge in [0, 0.05) is 6.04 Å². The van der Waals surface area contributed by atoms with E-state index in [-0.39, 0.29) is 0 Å². The molecule has 0 amide bonds. The fraction of sp³-hybridized carbons (Fsp3) is 0.294. The van der Waals surface area contributed by atoms with Gasteiger partial charge in [-0.05, 0) is 43.0 Å². The summed E-state index contributed by atoms with van der Waals surface area (Å²) in [6.45, 7) is 2.01. The number of hydrogen-bond acceptors (Lipinski definition) is 1. The zero-order valence-electron chi connectivity index (χ0n) is 11.8. The van der Waals surface area contributed by atoms with Gasteiger partial charge >= 0.3 is 6.18 Å². The van der Waals surface area contributed by atoms with E-state index in [0.29, 0.717) is 12.0 Å². The second kappa shape index (κ2) is 6.31. The van der Waals surface area contributed by atoms with Crippen LogP contribution in [-0.2, 0) is 12.6 Å². The summed E-state index contributed by atoms with van der Waals surface area (Å²) in [5, 5.41) is 0. The summed E-state index contributed by atoms with van der Waals surface area (Å²) in [7, 11) is 0. The Morgan fingerprint density at radius 2 is 1.71 bits per heavy atom. The molecule has 1 unspecified atom stereocenters. The monoisotopic (exact) mass is 293 g/mol. The minimum absolute atomic E-state index is 0.395. The van der Waals surface area contributed by atoms with Crippen molar-refractivity contribution in [3.63, 3.8) is 0 Å². The Morgan fingerprint density at radius 1 is 1.05 bits per heavy atom. The molecule has 0 radical (unpaired) electrons. The Balaban J connectivity index is 2.03. The Labute approximate surface area is 122 Å². The van der Waals surface area contributed by atoms with Crippen molar-refractivity contribution in [1.82, 2.24) is 0 Å². The molecule has 0 aliphatic carbocycles. The van der Waals surface area contributed by atoms with Gasteiger partial charge in [-0.15, -0.1) is 0 Å². The fourth-order valence-corrected chi connectivity index (χ4v) is 2.19. The molecule has 0 saturated carbocycles. The van der Waals surface area contributed by atoms with Gasteiger partial charge in [-0.1, -0.05) is 42.0 Å². The van der Waals surface area contributed by atoms with Gasteiger partial charge < -0.3 is 5.73 Å². The topological polar surface area (TPSA) is 26.0 Å². The van der Waals surface area contributed by atoms with Crippen LogP contribution in [0.3, 0.4) is 0 Å². The normalized spacial score (nSPS) is 13.2. The number of rotatable bonds is 4. The molecule has 112 valence electrons. The van der Waals surface area contributed by atoms with Crippen molar-refractivity contribution in [3.05, 3.63) is 70.8 Å². The first-order chi connectivity index (χ1) is 9.86. The summed E-state index contributed by atoms with van der Waals surface area (Å²) in [4.78, 5) is 0. The van der Waals surface area contributed by atoms with Crippen molar-refractivity contribution < 1.29 is 13.2 Å². The first-order valence-electron chi connectivity index (χ1n) is 6.84. The third-order valence-electron chi connectivity index (χ3n) is 3.51. The van der Waals surface area contributed by atoms with E-state index < -0.39 is 17.8 Å². The number of halogens is 3. The lowest BCUT2D eigenvalue weighted by molar-refractivity contribution is -0.137. The molecule has 0 bridgehead atoms. The van der Waals surface area contributed by atoms with Crippen LogP contribution in [0.4, 0.5) is 13.2 Å². The smallest absolute Gasteiger partial charge is 0.324 e. The van der Waals surface area contributed by atoms with Crippen molar-refractivity contribution in [2.24, 2.45) is 5.73 Å². The number of aryl methyl sites for hydroxylation is 2. The van der Waals surface area contributed by atoms with Crippen LogP contribution in [0, 0.1) is 6.92 Å². The molecule has 0 aromatic heterocycles. The second-order valence-electron chi connectivity index (χ2n) is 5.25. The molecule has 0 saturated heterocycles. The van der Waals surface area contributed by atoms with Crippen LogP contribution in [0.25, 0.3) is 0 Å². The average Bonchev–Trinajstić information content (AvgIpc) is 2.45. The van der Waals surface area contributed by atoms with Crippen molar-refractivity contribution in [2.75, 3.05) is 0 Å². The van der Waals surface area contributed by atoms with Crippen LogP contribution in [0.2, 0.25) is 0 Å². The predicted octanol–water partition coefficient (Wildman–Crippen LogP) is 4.65. The molecule has 2 rings (SSSR count). The van der Waals surface area contributed by atoms with E-state index in [2.05, 4.69) is 0 Å². The molecule has 21 heavy (non-hydrogen) atoms. The highest BCUT2D eigenvalue weighted by Crippen LogP contribution is 2.31. The van der Waals surface area contributed by atoms with Gasteiger partial charge in [0.25, 0.3) is 0 Å². The SMILES string of the molecule is Cc1ccc(CCC(N)c2cccc(C(F)(F)F)c2)cc1. The van der Waals surface area contributed by atoms with E-state index in [1.807, 2.05) is 31.2 Å². The first kappa shape index (κ1) is 15.6. The zero-order valence-corrected chi connectivity index (χ0v) is 11.8. The molecule has 0 aliphatic heterocycles. The average molecular weight is 293 g/mol. The van der Waals surface area contributed by atoms with Crippen LogP contribution in [-0.4, -0.2) is 0 Å². The Hall–Kier alpha value is -1.81. The Kier molecular flexibility index (Phi) is 4.68. The predicted molar refractivity (Wildman–Crippen MR) is 77.9 cm³/mol. The van der Waals surface area contributed by atoms with Crippen LogP contribution < -0.4 is 5.73 Å². The number of alkyl halides is 3. The van der Waals surface area contributed by atoms with Crippen molar-refractivity contribution >= 4 is 0 Å². The Bertz CT molecular complexity index is 588. The van der Waals surface area contributed by atoms with E-state index >= 15 is 0 Å². The molecule has 0 spiro atoms. The van der Waals surface area contributed by atoms with Crippen molar-refractivity contribution in [3.8, 4) is 0 Å². The number of benzene rings is 2. The maximum atomic E-state index is 12.7. The summed E-state index contributed by atoms with van der Waals surface area (Å²) in [6, 6.07) is 12.9. The quantitative estimate of drug-likeness (QED) is 0.872. The highest BCUT2D eigenvalue weighted by molar-refractivity contribution is 5.28. The van der Waals surface area contributed by atoms with E-state index in [4.69, 9.17) is 5.73 Å². The van der Waals surface area contributed by atoms with Gasteiger partial charge in [-0.25, -0.2) is 0 Å². The maximum absolute atomic E-state index is 12.7. The van der Waals surface area contributed by atoms with Gasteiger partial charge in [0.05, 0.1) is 5.56 Å². The summed E-state index contributed by atoms with van der Waals surface area (Å²) in [5.41, 5.74) is 8.22. The third-order valence-corrected chi connectivity index (χ3v) is 3.51. The van der Waals surface area contributed by atoms with Gasteiger partial charge in [-0.2, -0.15) is 13.2 Å². The maximum Gasteiger partial charge on any atom is 0.416 e. The molecule has 1 nitrogen and oxygen atoms in total. The van der Waals surface area contributed by atoms with Crippen molar-refractivity contribution in [1.29, 1.82) is 0 Å². The summed E-state index contributed by atoms with van der Waals surface area (Å²) >= 11 is 0. The lowest BCUT2D eigenvalue weighted by atomic mass is 9.98. The van der Waals surface area contributed by atoms with E-state index in [1.165, 1.54) is 11.6 Å². The molecular formula is C17H18F3N. The van der Waals surface area contributed by atoms with Gasteiger partial charge in [0.15, 0.2) is 0 Å². The van der Waals surface area contributed by atoms with Crippen LogP contribution in [0.1, 0.15) is 34.7 Å². The lowest BCUT2D eigenvalue weighted by Crippen LogP contribution is -2.13. The third kappa shape index (κ3) is 4.33. The van der Waals surface area contributed by atoms with Crippen LogP contribution in [0.15, 0.2) is 48.5 Å². The number of hydrogen-bond donors (Lipinski definition) is 1. The van der Waals surface area contributed by atoms with E-state index in [0.717, 1.165) is 24.1 Å². The summed E-state index contributed by atoms with van der Waals surface area (Å²) in [6.07, 6.45) is -2.96. The molecule has 2 aromatic rings.